The first kappa shape index (κ1) is 13.9. The van der Waals surface area contributed by atoms with E-state index in [1.54, 1.807) is 17.0 Å². The molecule has 0 amide bonds. The van der Waals surface area contributed by atoms with Gasteiger partial charge in [-0.05, 0) is 24.6 Å². The highest BCUT2D eigenvalue weighted by atomic mass is 35.5. The first-order valence-corrected chi connectivity index (χ1v) is 6.97. The highest BCUT2D eigenvalue weighted by molar-refractivity contribution is 6.16. The van der Waals surface area contributed by atoms with E-state index >= 15 is 0 Å². The predicted molar refractivity (Wildman–Crippen MR) is 77.3 cm³/mol. The van der Waals surface area contributed by atoms with Gasteiger partial charge in [-0.1, -0.05) is 6.07 Å². The molecule has 3 nitrogen and oxygen atoms in total. The number of nitrogens with zero attached hydrogens (tertiary/aromatic N) is 3. The van der Waals surface area contributed by atoms with Crippen molar-refractivity contribution < 1.29 is 8.78 Å². The number of halogens is 3. The van der Waals surface area contributed by atoms with Crippen molar-refractivity contribution in [3.8, 4) is 0 Å². The van der Waals surface area contributed by atoms with E-state index in [0.717, 1.165) is 11.6 Å². The zero-order valence-electron chi connectivity index (χ0n) is 11.2. The van der Waals surface area contributed by atoms with Gasteiger partial charge in [-0.25, -0.2) is 13.8 Å². The van der Waals surface area contributed by atoms with Crippen molar-refractivity contribution >= 4 is 22.6 Å². The molecular formula is C15H12ClF2N3. The molecule has 2 aromatic heterocycles. The Bertz CT molecular complexity index is 786. The average Bonchev–Trinajstić information content (AvgIpc) is 2.86. The van der Waals surface area contributed by atoms with Crippen molar-refractivity contribution in [2.45, 2.75) is 18.8 Å². The lowest BCUT2D eigenvalue weighted by Crippen LogP contribution is -2.10. The van der Waals surface area contributed by atoms with Gasteiger partial charge in [0, 0.05) is 18.5 Å². The lowest BCUT2D eigenvalue weighted by molar-refractivity contribution is 0.588. The maximum Gasteiger partial charge on any atom is 0.153 e. The van der Waals surface area contributed by atoms with Gasteiger partial charge in [0.2, 0.25) is 0 Å². The van der Waals surface area contributed by atoms with Gasteiger partial charge in [-0.3, -0.25) is 4.98 Å². The predicted octanol–water partition coefficient (Wildman–Crippen LogP) is 4.06. The van der Waals surface area contributed by atoms with Crippen LogP contribution < -0.4 is 0 Å². The molecule has 0 fully saturated rings. The van der Waals surface area contributed by atoms with Crippen molar-refractivity contribution in [1.29, 1.82) is 0 Å². The summed E-state index contributed by atoms with van der Waals surface area (Å²) in [5.41, 5.74) is 1.43. The standard InChI is InChI=1S/C15H12ClF2N3/c1-9(10-3-2-4-19-8-10)21-13-6-11(17)5-12(18)15(13)20-14(21)7-16/h2-6,8-9H,7H2,1H3. The molecule has 6 heteroatoms. The summed E-state index contributed by atoms with van der Waals surface area (Å²) in [5.74, 6) is -0.720. The second-order valence-electron chi connectivity index (χ2n) is 4.75. The molecule has 0 aliphatic heterocycles. The summed E-state index contributed by atoms with van der Waals surface area (Å²) in [6.07, 6.45) is 3.38. The van der Waals surface area contributed by atoms with Crippen LogP contribution >= 0.6 is 11.6 Å². The fraction of sp³-hybridized carbons (Fsp3) is 0.200. The molecule has 108 valence electrons. The number of alkyl halides is 1. The summed E-state index contributed by atoms with van der Waals surface area (Å²) in [5, 5.41) is 0. The van der Waals surface area contributed by atoms with Gasteiger partial charge in [-0.2, -0.15) is 0 Å². The molecule has 21 heavy (non-hydrogen) atoms. The number of hydrogen-bond acceptors (Lipinski definition) is 2. The molecule has 0 aliphatic carbocycles. The van der Waals surface area contributed by atoms with Gasteiger partial charge in [0.15, 0.2) is 5.82 Å². The zero-order valence-corrected chi connectivity index (χ0v) is 12.0. The Labute approximate surface area is 125 Å². The molecule has 0 spiro atoms. The minimum atomic E-state index is -0.687. The molecule has 1 aromatic carbocycles. The SMILES string of the molecule is CC(c1cccnc1)n1c(CCl)nc2c(F)cc(F)cc21. The molecule has 3 aromatic rings. The molecule has 1 unspecified atom stereocenters. The van der Waals surface area contributed by atoms with Crippen LogP contribution in [0.15, 0.2) is 36.7 Å². The van der Waals surface area contributed by atoms with Crippen molar-refractivity contribution in [1.82, 2.24) is 14.5 Å². The third-order valence-corrected chi connectivity index (χ3v) is 3.70. The van der Waals surface area contributed by atoms with Gasteiger partial charge in [0.1, 0.15) is 17.2 Å². The molecule has 0 radical (unpaired) electrons. The molecular weight excluding hydrogens is 296 g/mol. The van der Waals surface area contributed by atoms with Crippen LogP contribution in [0.2, 0.25) is 0 Å². The summed E-state index contributed by atoms with van der Waals surface area (Å²) in [6, 6.07) is 5.63. The first-order chi connectivity index (χ1) is 10.1. The van der Waals surface area contributed by atoms with E-state index < -0.39 is 11.6 Å². The lowest BCUT2D eigenvalue weighted by Gasteiger charge is -2.17. The third-order valence-electron chi connectivity index (χ3n) is 3.46. The second kappa shape index (κ2) is 5.41. The van der Waals surface area contributed by atoms with Gasteiger partial charge in [0.25, 0.3) is 0 Å². The molecule has 3 rings (SSSR count). The number of pyridine rings is 1. The molecule has 1 atom stereocenters. The third kappa shape index (κ3) is 2.38. The van der Waals surface area contributed by atoms with Crippen LogP contribution in [0.5, 0.6) is 0 Å². The van der Waals surface area contributed by atoms with E-state index in [0.29, 0.717) is 11.3 Å². The Morgan fingerprint density at radius 3 is 2.81 bits per heavy atom. The van der Waals surface area contributed by atoms with Crippen LogP contribution in [0.1, 0.15) is 24.4 Å². The lowest BCUT2D eigenvalue weighted by atomic mass is 10.1. The van der Waals surface area contributed by atoms with E-state index in [9.17, 15) is 8.78 Å². The van der Waals surface area contributed by atoms with Crippen LogP contribution in [-0.2, 0) is 5.88 Å². The number of benzene rings is 1. The molecule has 0 saturated heterocycles. The first-order valence-electron chi connectivity index (χ1n) is 6.43. The molecule has 0 N–H and O–H groups in total. The van der Waals surface area contributed by atoms with Crippen LogP contribution in [-0.4, -0.2) is 14.5 Å². The van der Waals surface area contributed by atoms with E-state index in [-0.39, 0.29) is 17.4 Å². The topological polar surface area (TPSA) is 30.7 Å². The van der Waals surface area contributed by atoms with Crippen molar-refractivity contribution in [2.24, 2.45) is 0 Å². The summed E-state index contributed by atoms with van der Waals surface area (Å²) in [4.78, 5) is 8.26. The minimum Gasteiger partial charge on any atom is -0.319 e. The van der Waals surface area contributed by atoms with E-state index in [2.05, 4.69) is 9.97 Å². The monoisotopic (exact) mass is 307 g/mol. The van der Waals surface area contributed by atoms with Crippen LogP contribution in [0.4, 0.5) is 8.78 Å². The van der Waals surface area contributed by atoms with Gasteiger partial charge in [-0.15, -0.1) is 11.6 Å². The smallest absolute Gasteiger partial charge is 0.153 e. The number of aromatic nitrogens is 3. The van der Waals surface area contributed by atoms with Crippen molar-refractivity contribution in [3.05, 3.63) is 59.7 Å². The molecule has 0 aliphatic rings. The second-order valence-corrected chi connectivity index (χ2v) is 5.02. The summed E-state index contributed by atoms with van der Waals surface area (Å²) in [7, 11) is 0. The Hall–Kier alpha value is -2.01. The maximum absolute atomic E-state index is 13.9. The van der Waals surface area contributed by atoms with E-state index in [4.69, 9.17) is 11.6 Å². The number of rotatable bonds is 3. The molecule has 0 saturated carbocycles. The Balaban J connectivity index is 2.25. The quantitative estimate of drug-likeness (QED) is 0.683. The zero-order chi connectivity index (χ0) is 15.0. The van der Waals surface area contributed by atoms with Crippen LogP contribution in [0.3, 0.4) is 0 Å². The maximum atomic E-state index is 13.9. The van der Waals surface area contributed by atoms with E-state index in [1.807, 2.05) is 19.1 Å². The fourth-order valence-corrected chi connectivity index (χ4v) is 2.66. The fourth-order valence-electron chi connectivity index (χ4n) is 2.47. The number of hydrogen-bond donors (Lipinski definition) is 0. The summed E-state index contributed by atoms with van der Waals surface area (Å²) in [6.45, 7) is 1.91. The molecule has 2 heterocycles. The summed E-state index contributed by atoms with van der Waals surface area (Å²) >= 11 is 5.91. The van der Waals surface area contributed by atoms with E-state index in [1.165, 1.54) is 6.07 Å². The largest absolute Gasteiger partial charge is 0.319 e. The highest BCUT2D eigenvalue weighted by Gasteiger charge is 2.19. The molecule has 0 bridgehead atoms. The Morgan fingerprint density at radius 1 is 1.33 bits per heavy atom. The van der Waals surface area contributed by atoms with Gasteiger partial charge < -0.3 is 4.57 Å². The van der Waals surface area contributed by atoms with Crippen LogP contribution in [0.25, 0.3) is 11.0 Å². The van der Waals surface area contributed by atoms with Gasteiger partial charge in [0.05, 0.1) is 17.4 Å². The normalized spacial score (nSPS) is 12.8. The number of fused-ring (bicyclic) bond motifs is 1. The minimum absolute atomic E-state index is 0.111. The van der Waals surface area contributed by atoms with Crippen LogP contribution in [0, 0.1) is 11.6 Å². The average molecular weight is 308 g/mol. The summed E-state index contributed by atoms with van der Waals surface area (Å²) < 4.78 is 29.1. The Morgan fingerprint density at radius 2 is 2.14 bits per heavy atom. The highest BCUT2D eigenvalue weighted by Crippen LogP contribution is 2.28. The Kier molecular flexibility index (Phi) is 3.59. The van der Waals surface area contributed by atoms with Gasteiger partial charge >= 0.3 is 0 Å². The van der Waals surface area contributed by atoms with Crippen molar-refractivity contribution in [2.75, 3.05) is 0 Å². The number of imidazole rings is 1. The van der Waals surface area contributed by atoms with Crippen molar-refractivity contribution in [3.63, 3.8) is 0 Å².